The highest BCUT2D eigenvalue weighted by molar-refractivity contribution is 6.20. The van der Waals surface area contributed by atoms with Gasteiger partial charge in [0.05, 0.1) is 0 Å². The summed E-state index contributed by atoms with van der Waals surface area (Å²) >= 11 is 5.86. The van der Waals surface area contributed by atoms with Crippen LogP contribution in [0.25, 0.3) is 0 Å². The molecule has 0 bridgehead atoms. The number of halogens is 1. The molecule has 0 aromatic heterocycles. The predicted molar refractivity (Wildman–Crippen MR) is 54.8 cm³/mol. The Kier molecular flexibility index (Phi) is 5.01. The minimum atomic E-state index is 0.320. The average molecular weight is 190 g/mol. The van der Waals surface area contributed by atoms with Gasteiger partial charge in [-0.25, -0.2) is 0 Å². The Morgan fingerprint density at radius 3 is 2.58 bits per heavy atom. The molecule has 0 aromatic rings. The van der Waals surface area contributed by atoms with Crippen molar-refractivity contribution in [2.75, 3.05) is 6.54 Å². The molecule has 1 fully saturated rings. The zero-order valence-electron chi connectivity index (χ0n) is 7.98. The topological polar surface area (TPSA) is 12.0 Å². The van der Waals surface area contributed by atoms with Crippen LogP contribution in [0.5, 0.6) is 0 Å². The Hall–Kier alpha value is 0.250. The third-order valence-corrected chi connectivity index (χ3v) is 2.80. The molecule has 1 rings (SSSR count). The molecule has 0 aliphatic heterocycles. The maximum Gasteiger partial charge on any atom is 0.0319 e. The Bertz CT molecular complexity index is 108. The van der Waals surface area contributed by atoms with Crippen molar-refractivity contribution in [3.05, 3.63) is 0 Å². The SMILES string of the molecule is CC(Cl)CCNC1CCCCC1. The normalized spacial score (nSPS) is 22.5. The average Bonchev–Trinajstić information content (AvgIpc) is 2.05. The first-order valence-corrected chi connectivity index (χ1v) is 5.60. The molecule has 0 heterocycles. The Balaban J connectivity index is 1.98. The fourth-order valence-electron chi connectivity index (χ4n) is 1.79. The van der Waals surface area contributed by atoms with E-state index in [1.807, 2.05) is 0 Å². The highest BCUT2D eigenvalue weighted by Gasteiger charge is 2.11. The van der Waals surface area contributed by atoms with Crippen molar-refractivity contribution < 1.29 is 0 Å². The van der Waals surface area contributed by atoms with Gasteiger partial charge >= 0.3 is 0 Å². The van der Waals surface area contributed by atoms with Crippen LogP contribution in [0.4, 0.5) is 0 Å². The van der Waals surface area contributed by atoms with Crippen LogP contribution in [0.15, 0.2) is 0 Å². The third-order valence-electron chi connectivity index (χ3n) is 2.58. The minimum Gasteiger partial charge on any atom is -0.314 e. The first-order valence-electron chi connectivity index (χ1n) is 5.16. The summed E-state index contributed by atoms with van der Waals surface area (Å²) in [6, 6.07) is 0.786. The van der Waals surface area contributed by atoms with Crippen molar-refractivity contribution in [3.8, 4) is 0 Å². The van der Waals surface area contributed by atoms with Crippen LogP contribution in [0.1, 0.15) is 45.4 Å². The van der Waals surface area contributed by atoms with Crippen LogP contribution < -0.4 is 5.32 Å². The highest BCUT2D eigenvalue weighted by atomic mass is 35.5. The first kappa shape index (κ1) is 10.3. The van der Waals surface area contributed by atoms with Gasteiger partial charge in [-0.2, -0.15) is 0 Å². The molecule has 0 saturated heterocycles. The van der Waals surface area contributed by atoms with Gasteiger partial charge in [-0.3, -0.25) is 0 Å². The van der Waals surface area contributed by atoms with E-state index in [4.69, 9.17) is 11.6 Å². The molecule has 2 heteroatoms. The van der Waals surface area contributed by atoms with E-state index in [0.29, 0.717) is 5.38 Å². The minimum absolute atomic E-state index is 0.320. The van der Waals surface area contributed by atoms with Gasteiger partial charge in [0, 0.05) is 11.4 Å². The molecule has 1 N–H and O–H groups in total. The predicted octanol–water partition coefficient (Wildman–Crippen LogP) is 2.93. The molecule has 1 unspecified atom stereocenters. The van der Waals surface area contributed by atoms with Gasteiger partial charge in [0.1, 0.15) is 0 Å². The van der Waals surface area contributed by atoms with Crippen LogP contribution in [-0.2, 0) is 0 Å². The third kappa shape index (κ3) is 4.32. The van der Waals surface area contributed by atoms with E-state index >= 15 is 0 Å². The zero-order valence-corrected chi connectivity index (χ0v) is 8.74. The lowest BCUT2D eigenvalue weighted by atomic mass is 9.95. The molecular weight excluding hydrogens is 170 g/mol. The molecular formula is C10H20ClN. The molecule has 1 aliphatic carbocycles. The lowest BCUT2D eigenvalue weighted by molar-refractivity contribution is 0.372. The van der Waals surface area contributed by atoms with E-state index in [-0.39, 0.29) is 0 Å². The summed E-state index contributed by atoms with van der Waals surface area (Å²) in [6.07, 6.45) is 8.09. The number of rotatable bonds is 4. The summed E-state index contributed by atoms with van der Waals surface area (Å²) in [4.78, 5) is 0. The van der Waals surface area contributed by atoms with E-state index in [0.717, 1.165) is 19.0 Å². The zero-order chi connectivity index (χ0) is 8.81. The molecule has 0 spiro atoms. The van der Waals surface area contributed by atoms with Gasteiger partial charge in [0.25, 0.3) is 0 Å². The van der Waals surface area contributed by atoms with Gasteiger partial charge in [-0.1, -0.05) is 19.3 Å². The van der Waals surface area contributed by atoms with Gasteiger partial charge in [-0.05, 0) is 32.7 Å². The van der Waals surface area contributed by atoms with Crippen molar-refractivity contribution >= 4 is 11.6 Å². The Morgan fingerprint density at radius 1 is 1.33 bits per heavy atom. The number of nitrogens with one attached hydrogen (secondary N) is 1. The van der Waals surface area contributed by atoms with Crippen molar-refractivity contribution in [2.45, 2.75) is 56.9 Å². The second-order valence-electron chi connectivity index (χ2n) is 3.86. The summed E-state index contributed by atoms with van der Waals surface area (Å²) in [5, 5.41) is 3.89. The molecule has 0 amide bonds. The quantitative estimate of drug-likeness (QED) is 0.671. The number of hydrogen-bond acceptors (Lipinski definition) is 1. The summed E-state index contributed by atoms with van der Waals surface area (Å²) < 4.78 is 0. The number of alkyl halides is 1. The molecule has 0 aromatic carbocycles. The van der Waals surface area contributed by atoms with Crippen molar-refractivity contribution in [1.82, 2.24) is 5.32 Å². The fraction of sp³-hybridized carbons (Fsp3) is 1.00. The first-order chi connectivity index (χ1) is 5.79. The van der Waals surface area contributed by atoms with E-state index in [2.05, 4.69) is 12.2 Å². The molecule has 0 radical (unpaired) electrons. The fourth-order valence-corrected chi connectivity index (χ4v) is 1.90. The molecule has 1 saturated carbocycles. The summed E-state index contributed by atoms with van der Waals surface area (Å²) in [5.41, 5.74) is 0. The van der Waals surface area contributed by atoms with Crippen molar-refractivity contribution in [1.29, 1.82) is 0 Å². The van der Waals surface area contributed by atoms with E-state index < -0.39 is 0 Å². The number of hydrogen-bond donors (Lipinski definition) is 1. The van der Waals surface area contributed by atoms with Crippen molar-refractivity contribution in [2.24, 2.45) is 0 Å². The molecule has 1 atom stereocenters. The van der Waals surface area contributed by atoms with Gasteiger partial charge in [-0.15, -0.1) is 11.6 Å². The van der Waals surface area contributed by atoms with Crippen molar-refractivity contribution in [3.63, 3.8) is 0 Å². The standard InChI is InChI=1S/C10H20ClN/c1-9(11)7-8-12-10-5-3-2-4-6-10/h9-10,12H,2-8H2,1H3. The highest BCUT2D eigenvalue weighted by Crippen LogP contribution is 2.17. The molecule has 12 heavy (non-hydrogen) atoms. The lowest BCUT2D eigenvalue weighted by Gasteiger charge is -2.22. The largest absolute Gasteiger partial charge is 0.314 e. The second kappa shape index (κ2) is 5.82. The lowest BCUT2D eigenvalue weighted by Crippen LogP contribution is -2.32. The van der Waals surface area contributed by atoms with Crippen LogP contribution in [0, 0.1) is 0 Å². The Labute approximate surface area is 80.9 Å². The maximum atomic E-state index is 5.86. The summed E-state index contributed by atoms with van der Waals surface area (Å²) in [6.45, 7) is 3.15. The summed E-state index contributed by atoms with van der Waals surface area (Å²) in [5.74, 6) is 0. The second-order valence-corrected chi connectivity index (χ2v) is 4.60. The van der Waals surface area contributed by atoms with Crippen LogP contribution in [-0.4, -0.2) is 18.0 Å². The van der Waals surface area contributed by atoms with Crippen LogP contribution in [0.3, 0.4) is 0 Å². The summed E-state index contributed by atoms with van der Waals surface area (Å²) in [7, 11) is 0. The van der Waals surface area contributed by atoms with E-state index in [1.165, 1.54) is 32.1 Å². The molecule has 1 nitrogen and oxygen atoms in total. The Morgan fingerprint density at radius 2 is 2.00 bits per heavy atom. The van der Waals surface area contributed by atoms with Crippen LogP contribution >= 0.6 is 11.6 Å². The molecule has 72 valence electrons. The van der Waals surface area contributed by atoms with E-state index in [9.17, 15) is 0 Å². The van der Waals surface area contributed by atoms with Crippen LogP contribution in [0.2, 0.25) is 0 Å². The monoisotopic (exact) mass is 189 g/mol. The maximum absolute atomic E-state index is 5.86. The van der Waals surface area contributed by atoms with E-state index in [1.54, 1.807) is 0 Å². The van der Waals surface area contributed by atoms with Gasteiger partial charge < -0.3 is 5.32 Å². The van der Waals surface area contributed by atoms with Gasteiger partial charge in [0.2, 0.25) is 0 Å². The smallest absolute Gasteiger partial charge is 0.0319 e. The van der Waals surface area contributed by atoms with Gasteiger partial charge in [0.15, 0.2) is 0 Å². The molecule has 1 aliphatic rings.